The first-order valence-electron chi connectivity index (χ1n) is 7.61. The van der Waals surface area contributed by atoms with Gasteiger partial charge < -0.3 is 10.6 Å². The molecule has 0 spiro atoms. The summed E-state index contributed by atoms with van der Waals surface area (Å²) in [5.41, 5.74) is 2.51. The second kappa shape index (κ2) is 6.70. The second-order valence-corrected chi connectivity index (χ2v) is 5.74. The van der Waals surface area contributed by atoms with Gasteiger partial charge in [-0.3, -0.25) is 4.98 Å². The number of para-hydroxylation sites is 1. The molecule has 2 aromatic carbocycles. The number of rotatable bonds is 4. The van der Waals surface area contributed by atoms with Gasteiger partial charge in [0, 0.05) is 22.3 Å². The fourth-order valence-electron chi connectivity index (χ4n) is 2.46. The van der Waals surface area contributed by atoms with Gasteiger partial charge in [-0.2, -0.15) is 10.1 Å². The van der Waals surface area contributed by atoms with E-state index in [0.717, 1.165) is 22.3 Å². The Labute approximate surface area is 148 Å². The van der Waals surface area contributed by atoms with Crippen LogP contribution in [0.1, 0.15) is 0 Å². The summed E-state index contributed by atoms with van der Waals surface area (Å²) in [4.78, 5) is 8.85. The van der Waals surface area contributed by atoms with Gasteiger partial charge in [0.15, 0.2) is 5.82 Å². The zero-order valence-electron chi connectivity index (χ0n) is 13.0. The van der Waals surface area contributed by atoms with E-state index in [0.29, 0.717) is 16.8 Å². The van der Waals surface area contributed by atoms with Crippen molar-refractivity contribution in [1.82, 2.24) is 20.2 Å². The minimum absolute atomic E-state index is 0.375. The largest absolute Gasteiger partial charge is 0.337 e. The molecule has 0 saturated carbocycles. The van der Waals surface area contributed by atoms with Crippen molar-refractivity contribution in [1.29, 1.82) is 0 Å². The number of halogens is 1. The van der Waals surface area contributed by atoms with Gasteiger partial charge in [0.05, 0.1) is 17.4 Å². The summed E-state index contributed by atoms with van der Waals surface area (Å²) in [7, 11) is 0. The summed E-state index contributed by atoms with van der Waals surface area (Å²) in [6.07, 6.45) is 3.32. The molecule has 0 unspecified atom stereocenters. The normalized spacial score (nSPS) is 10.6. The monoisotopic (exact) mass is 348 g/mol. The first kappa shape index (κ1) is 15.3. The molecule has 25 heavy (non-hydrogen) atoms. The van der Waals surface area contributed by atoms with Gasteiger partial charge in [-0.25, -0.2) is 0 Å². The Morgan fingerprint density at radius 2 is 1.80 bits per heavy atom. The van der Waals surface area contributed by atoms with Crippen LogP contribution in [0.2, 0.25) is 5.02 Å². The number of benzene rings is 2. The average molecular weight is 349 g/mol. The highest BCUT2D eigenvalue weighted by atomic mass is 35.5. The fraction of sp³-hybridized carbons (Fsp3) is 0. The van der Waals surface area contributed by atoms with E-state index in [1.165, 1.54) is 0 Å². The van der Waals surface area contributed by atoms with E-state index in [2.05, 4.69) is 30.8 Å². The lowest BCUT2D eigenvalue weighted by molar-refractivity contribution is 0.982. The molecule has 0 saturated heterocycles. The quantitative estimate of drug-likeness (QED) is 0.563. The van der Waals surface area contributed by atoms with Crippen LogP contribution in [0.15, 0.2) is 67.0 Å². The van der Waals surface area contributed by atoms with Gasteiger partial charge in [0.2, 0.25) is 5.95 Å². The summed E-state index contributed by atoms with van der Waals surface area (Å²) < 4.78 is 0. The van der Waals surface area contributed by atoms with E-state index >= 15 is 0 Å². The molecule has 6 nitrogen and oxygen atoms in total. The third kappa shape index (κ3) is 3.49. The molecule has 0 fully saturated rings. The maximum atomic E-state index is 5.99. The van der Waals surface area contributed by atoms with Crippen molar-refractivity contribution in [2.24, 2.45) is 0 Å². The number of hydrogen-bond donors (Lipinski definition) is 2. The predicted molar refractivity (Wildman–Crippen MR) is 99.6 cm³/mol. The van der Waals surface area contributed by atoms with Crippen LogP contribution >= 0.6 is 11.6 Å². The van der Waals surface area contributed by atoms with E-state index in [1.807, 2.05) is 42.5 Å². The Kier molecular flexibility index (Phi) is 4.10. The summed E-state index contributed by atoms with van der Waals surface area (Å²) in [5, 5.41) is 16.0. The Balaban J connectivity index is 1.61. The lowest BCUT2D eigenvalue weighted by Gasteiger charge is -2.09. The average Bonchev–Trinajstić information content (AvgIpc) is 2.62. The standard InChI is InChI=1S/C18H13ClN6/c19-13-6-2-7-14(10-13)22-18-24-16(11-21-25-18)23-15-8-1-4-12-5-3-9-20-17(12)15/h1-11H,(H2,22,23,24,25). The molecule has 0 atom stereocenters. The first-order valence-corrected chi connectivity index (χ1v) is 7.99. The SMILES string of the molecule is Clc1cccc(Nc2nncc(Nc3cccc4cccnc34)n2)c1. The van der Waals surface area contributed by atoms with Gasteiger partial charge in [-0.1, -0.05) is 35.9 Å². The van der Waals surface area contributed by atoms with E-state index in [4.69, 9.17) is 11.6 Å². The van der Waals surface area contributed by atoms with Gasteiger partial charge in [-0.05, 0) is 30.3 Å². The first-order chi connectivity index (χ1) is 12.3. The summed E-state index contributed by atoms with van der Waals surface area (Å²) in [6, 6.07) is 17.2. The number of nitrogens with one attached hydrogen (secondary N) is 2. The molecule has 0 radical (unpaired) electrons. The van der Waals surface area contributed by atoms with Crippen LogP contribution in [-0.2, 0) is 0 Å². The molecule has 0 amide bonds. The third-order valence-corrected chi connectivity index (χ3v) is 3.77. The molecule has 0 aliphatic rings. The van der Waals surface area contributed by atoms with Gasteiger partial charge in [0.1, 0.15) is 0 Å². The van der Waals surface area contributed by atoms with Crippen LogP contribution in [0.3, 0.4) is 0 Å². The Bertz CT molecular complexity index is 1030. The minimum Gasteiger partial charge on any atom is -0.337 e. The number of fused-ring (bicyclic) bond motifs is 1. The van der Waals surface area contributed by atoms with Gasteiger partial charge in [0.25, 0.3) is 0 Å². The molecule has 2 N–H and O–H groups in total. The van der Waals surface area contributed by atoms with E-state index < -0.39 is 0 Å². The van der Waals surface area contributed by atoms with Crippen LogP contribution in [0.4, 0.5) is 23.1 Å². The third-order valence-electron chi connectivity index (χ3n) is 3.54. The van der Waals surface area contributed by atoms with Crippen molar-refractivity contribution < 1.29 is 0 Å². The number of anilines is 4. The molecule has 2 aromatic heterocycles. The van der Waals surface area contributed by atoms with Crippen molar-refractivity contribution in [3.63, 3.8) is 0 Å². The summed E-state index contributed by atoms with van der Waals surface area (Å²) in [6.45, 7) is 0. The lowest BCUT2D eigenvalue weighted by Crippen LogP contribution is -2.02. The molecule has 0 aliphatic heterocycles. The number of hydrogen-bond acceptors (Lipinski definition) is 6. The van der Waals surface area contributed by atoms with Crippen LogP contribution in [0.5, 0.6) is 0 Å². The Hall–Kier alpha value is -3.25. The highest BCUT2D eigenvalue weighted by Crippen LogP contribution is 2.24. The minimum atomic E-state index is 0.375. The fourth-order valence-corrected chi connectivity index (χ4v) is 2.65. The summed E-state index contributed by atoms with van der Waals surface area (Å²) >= 11 is 5.99. The van der Waals surface area contributed by atoms with Gasteiger partial charge in [-0.15, -0.1) is 5.10 Å². The molecule has 122 valence electrons. The van der Waals surface area contributed by atoms with Gasteiger partial charge >= 0.3 is 0 Å². The van der Waals surface area contributed by atoms with Crippen molar-refractivity contribution in [2.75, 3.05) is 10.6 Å². The van der Waals surface area contributed by atoms with Crippen molar-refractivity contribution in [3.05, 3.63) is 72.0 Å². The highest BCUT2D eigenvalue weighted by Gasteiger charge is 2.05. The molecule has 4 aromatic rings. The topological polar surface area (TPSA) is 75.6 Å². The van der Waals surface area contributed by atoms with E-state index in [1.54, 1.807) is 24.5 Å². The zero-order chi connectivity index (χ0) is 17.1. The number of nitrogens with zero attached hydrogens (tertiary/aromatic N) is 4. The maximum Gasteiger partial charge on any atom is 0.249 e. The highest BCUT2D eigenvalue weighted by molar-refractivity contribution is 6.30. The molecular weight excluding hydrogens is 336 g/mol. The van der Waals surface area contributed by atoms with Crippen LogP contribution in [0, 0.1) is 0 Å². The molecule has 0 aliphatic carbocycles. The molecule has 0 bridgehead atoms. The van der Waals surface area contributed by atoms with Crippen molar-refractivity contribution in [3.8, 4) is 0 Å². The molecule has 2 heterocycles. The molecule has 7 heteroatoms. The zero-order valence-corrected chi connectivity index (χ0v) is 13.8. The number of pyridine rings is 1. The van der Waals surface area contributed by atoms with E-state index in [-0.39, 0.29) is 0 Å². The van der Waals surface area contributed by atoms with Crippen LogP contribution < -0.4 is 10.6 Å². The smallest absolute Gasteiger partial charge is 0.249 e. The van der Waals surface area contributed by atoms with Crippen LogP contribution in [-0.4, -0.2) is 20.2 Å². The number of aromatic nitrogens is 4. The van der Waals surface area contributed by atoms with Crippen LogP contribution in [0.25, 0.3) is 10.9 Å². The lowest BCUT2D eigenvalue weighted by atomic mass is 10.2. The summed E-state index contributed by atoms with van der Waals surface area (Å²) in [5.74, 6) is 0.943. The van der Waals surface area contributed by atoms with E-state index in [9.17, 15) is 0 Å². The molecular formula is C18H13ClN6. The predicted octanol–water partition coefficient (Wildman–Crippen LogP) is 4.56. The van der Waals surface area contributed by atoms with Crippen molar-refractivity contribution in [2.45, 2.75) is 0 Å². The molecule has 4 rings (SSSR count). The Morgan fingerprint density at radius 1 is 0.920 bits per heavy atom. The maximum absolute atomic E-state index is 5.99. The second-order valence-electron chi connectivity index (χ2n) is 5.31. The Morgan fingerprint density at radius 3 is 2.72 bits per heavy atom. The van der Waals surface area contributed by atoms with Crippen molar-refractivity contribution >= 4 is 45.6 Å².